The summed E-state index contributed by atoms with van der Waals surface area (Å²) in [7, 11) is -2.14. The summed E-state index contributed by atoms with van der Waals surface area (Å²) in [5.74, 6) is -0.768. The molecule has 0 amide bonds. The van der Waals surface area contributed by atoms with Crippen LogP contribution in [0.5, 0.6) is 0 Å². The molecule has 82 valence electrons. The summed E-state index contributed by atoms with van der Waals surface area (Å²) in [4.78, 5) is 10.7. The van der Waals surface area contributed by atoms with E-state index in [1.807, 2.05) is 0 Å². The first-order valence-corrected chi connectivity index (χ1v) is 5.82. The van der Waals surface area contributed by atoms with Gasteiger partial charge in [-0.3, -0.25) is 4.79 Å². The molecule has 0 rings (SSSR count). The van der Waals surface area contributed by atoms with Gasteiger partial charge in [0.05, 0.1) is 19.3 Å². The van der Waals surface area contributed by atoms with E-state index in [9.17, 15) is 13.2 Å². The highest BCUT2D eigenvalue weighted by Crippen LogP contribution is 1.92. The Morgan fingerprint density at radius 3 is 2.71 bits per heavy atom. The number of sulfonamides is 1. The van der Waals surface area contributed by atoms with Gasteiger partial charge in [-0.25, -0.2) is 13.1 Å². The second kappa shape index (κ2) is 6.56. The van der Waals surface area contributed by atoms with E-state index < -0.39 is 16.0 Å². The fourth-order valence-corrected chi connectivity index (χ4v) is 1.72. The highest BCUT2D eigenvalue weighted by Gasteiger charge is 2.12. The number of esters is 1. The standard InChI is InChI=1S/C8H15NO4S/c1-3-4-6-9-14(11,12)7-5-8(10)13-2/h3,9H,1,4-7H2,2H3. The molecule has 0 heterocycles. The number of methoxy groups -OCH3 is 1. The summed E-state index contributed by atoms with van der Waals surface area (Å²) in [5, 5.41) is 0. The molecule has 0 aromatic heterocycles. The molecular weight excluding hydrogens is 206 g/mol. The zero-order valence-electron chi connectivity index (χ0n) is 8.15. The minimum atomic E-state index is -3.36. The Labute approximate surface area is 84.2 Å². The lowest BCUT2D eigenvalue weighted by molar-refractivity contribution is -0.140. The average molecular weight is 221 g/mol. The summed E-state index contributed by atoms with van der Waals surface area (Å²) in [6.45, 7) is 3.77. The second-order valence-electron chi connectivity index (χ2n) is 2.62. The molecule has 0 aromatic carbocycles. The van der Waals surface area contributed by atoms with Gasteiger partial charge in [0.2, 0.25) is 10.0 Å². The van der Waals surface area contributed by atoms with Crippen LogP contribution in [-0.2, 0) is 19.6 Å². The van der Waals surface area contributed by atoms with Crippen molar-refractivity contribution in [2.24, 2.45) is 0 Å². The van der Waals surface area contributed by atoms with E-state index in [-0.39, 0.29) is 12.2 Å². The van der Waals surface area contributed by atoms with Gasteiger partial charge >= 0.3 is 5.97 Å². The lowest BCUT2D eigenvalue weighted by Gasteiger charge is -2.03. The van der Waals surface area contributed by atoms with Crippen molar-refractivity contribution in [3.8, 4) is 0 Å². The number of nitrogens with one attached hydrogen (secondary N) is 1. The first kappa shape index (κ1) is 13.1. The molecule has 0 aliphatic rings. The van der Waals surface area contributed by atoms with Crippen LogP contribution >= 0.6 is 0 Å². The van der Waals surface area contributed by atoms with Crippen molar-refractivity contribution >= 4 is 16.0 Å². The van der Waals surface area contributed by atoms with Gasteiger partial charge in [-0.1, -0.05) is 6.08 Å². The molecule has 0 atom stereocenters. The number of ether oxygens (including phenoxy) is 1. The van der Waals surface area contributed by atoms with E-state index in [1.165, 1.54) is 7.11 Å². The maximum atomic E-state index is 11.2. The zero-order valence-corrected chi connectivity index (χ0v) is 8.97. The summed E-state index contributed by atoms with van der Waals surface area (Å²) in [6.07, 6.45) is 2.06. The molecule has 0 aromatic rings. The summed E-state index contributed by atoms with van der Waals surface area (Å²) >= 11 is 0. The van der Waals surface area contributed by atoms with Gasteiger partial charge < -0.3 is 4.74 Å². The van der Waals surface area contributed by atoms with Gasteiger partial charge in [0, 0.05) is 6.54 Å². The molecule has 6 heteroatoms. The van der Waals surface area contributed by atoms with E-state index in [0.29, 0.717) is 13.0 Å². The van der Waals surface area contributed by atoms with Crippen molar-refractivity contribution < 1.29 is 17.9 Å². The highest BCUT2D eigenvalue weighted by molar-refractivity contribution is 7.89. The van der Waals surface area contributed by atoms with Crippen molar-refractivity contribution in [2.45, 2.75) is 12.8 Å². The molecule has 0 aliphatic carbocycles. The monoisotopic (exact) mass is 221 g/mol. The molecule has 5 nitrogen and oxygen atoms in total. The molecule has 0 radical (unpaired) electrons. The van der Waals surface area contributed by atoms with Crippen LogP contribution in [0.15, 0.2) is 12.7 Å². The minimum Gasteiger partial charge on any atom is -0.469 e. The maximum absolute atomic E-state index is 11.2. The van der Waals surface area contributed by atoms with Crippen molar-refractivity contribution in [1.29, 1.82) is 0 Å². The normalized spacial score (nSPS) is 10.9. The van der Waals surface area contributed by atoms with Crippen molar-refractivity contribution in [2.75, 3.05) is 19.4 Å². The lowest BCUT2D eigenvalue weighted by Crippen LogP contribution is -2.28. The maximum Gasteiger partial charge on any atom is 0.306 e. The third-order valence-corrected chi connectivity index (χ3v) is 2.86. The number of hydrogen-bond donors (Lipinski definition) is 1. The number of carbonyl (C=O) groups is 1. The van der Waals surface area contributed by atoms with Crippen LogP contribution in [0.25, 0.3) is 0 Å². The van der Waals surface area contributed by atoms with E-state index in [1.54, 1.807) is 6.08 Å². The summed E-state index contributed by atoms with van der Waals surface area (Å²) < 4.78 is 29.0. The van der Waals surface area contributed by atoms with Crippen molar-refractivity contribution in [3.05, 3.63) is 12.7 Å². The lowest BCUT2D eigenvalue weighted by atomic mass is 10.4. The summed E-state index contributed by atoms with van der Waals surface area (Å²) in [5.41, 5.74) is 0. The Kier molecular flexibility index (Phi) is 6.14. The van der Waals surface area contributed by atoms with Gasteiger partial charge in [-0.05, 0) is 6.42 Å². The predicted octanol–water partition coefficient (Wildman–Crippen LogP) is 0.0450. The Morgan fingerprint density at radius 1 is 1.57 bits per heavy atom. The molecule has 0 bridgehead atoms. The molecule has 1 N–H and O–H groups in total. The smallest absolute Gasteiger partial charge is 0.306 e. The van der Waals surface area contributed by atoms with Gasteiger partial charge in [-0.2, -0.15) is 0 Å². The predicted molar refractivity (Wildman–Crippen MR) is 53.2 cm³/mol. The van der Waals surface area contributed by atoms with Crippen LogP contribution in [0.3, 0.4) is 0 Å². The quantitative estimate of drug-likeness (QED) is 0.374. The highest BCUT2D eigenvalue weighted by atomic mass is 32.2. The number of carbonyl (C=O) groups excluding carboxylic acids is 1. The minimum absolute atomic E-state index is 0.125. The van der Waals surface area contributed by atoms with Crippen LogP contribution in [0.2, 0.25) is 0 Å². The van der Waals surface area contributed by atoms with Crippen molar-refractivity contribution in [3.63, 3.8) is 0 Å². The largest absolute Gasteiger partial charge is 0.469 e. The first-order chi connectivity index (χ1) is 6.52. The molecule has 0 spiro atoms. The molecule has 0 aliphatic heterocycles. The van der Waals surface area contributed by atoms with Crippen LogP contribution < -0.4 is 4.72 Å². The second-order valence-corrected chi connectivity index (χ2v) is 4.54. The zero-order chi connectivity index (χ0) is 11.0. The molecular formula is C8H15NO4S. The Balaban J connectivity index is 3.84. The van der Waals surface area contributed by atoms with Gasteiger partial charge in [-0.15, -0.1) is 6.58 Å². The fraction of sp³-hybridized carbons (Fsp3) is 0.625. The Hall–Kier alpha value is -0.880. The van der Waals surface area contributed by atoms with E-state index in [0.717, 1.165) is 0 Å². The Morgan fingerprint density at radius 2 is 2.21 bits per heavy atom. The van der Waals surface area contributed by atoms with Crippen molar-refractivity contribution in [1.82, 2.24) is 4.72 Å². The Bertz CT molecular complexity index is 284. The van der Waals surface area contributed by atoms with E-state index in [2.05, 4.69) is 16.0 Å². The third-order valence-electron chi connectivity index (χ3n) is 1.47. The molecule has 0 unspecified atom stereocenters. The van der Waals surface area contributed by atoms with Crippen LogP contribution in [0.1, 0.15) is 12.8 Å². The SMILES string of the molecule is C=CCCNS(=O)(=O)CCC(=O)OC. The molecule has 0 fully saturated rings. The van der Waals surface area contributed by atoms with Gasteiger partial charge in [0.25, 0.3) is 0 Å². The summed E-state index contributed by atoms with van der Waals surface area (Å²) in [6, 6.07) is 0. The molecule has 0 saturated carbocycles. The van der Waals surface area contributed by atoms with Crippen LogP contribution in [0, 0.1) is 0 Å². The average Bonchev–Trinajstić information content (AvgIpc) is 2.14. The number of rotatable bonds is 7. The molecule has 14 heavy (non-hydrogen) atoms. The molecule has 0 saturated heterocycles. The topological polar surface area (TPSA) is 72.5 Å². The van der Waals surface area contributed by atoms with Gasteiger partial charge in [0.1, 0.15) is 0 Å². The number of hydrogen-bond acceptors (Lipinski definition) is 4. The van der Waals surface area contributed by atoms with Crippen LogP contribution in [-0.4, -0.2) is 33.8 Å². The van der Waals surface area contributed by atoms with Crippen LogP contribution in [0.4, 0.5) is 0 Å². The van der Waals surface area contributed by atoms with Gasteiger partial charge in [0.15, 0.2) is 0 Å². The van der Waals surface area contributed by atoms with E-state index in [4.69, 9.17) is 0 Å². The first-order valence-electron chi connectivity index (χ1n) is 4.17. The van der Waals surface area contributed by atoms with E-state index >= 15 is 0 Å². The fourth-order valence-electron chi connectivity index (χ4n) is 0.708. The third kappa shape index (κ3) is 6.62.